The molecule has 2 atom stereocenters. The van der Waals surface area contributed by atoms with E-state index in [4.69, 9.17) is 14.6 Å². The molecule has 2 aromatic carbocycles. The van der Waals surface area contributed by atoms with Gasteiger partial charge in [-0.2, -0.15) is 13.2 Å². The molecule has 0 radical (unpaired) electrons. The van der Waals surface area contributed by atoms with Crippen LogP contribution in [0.4, 0.5) is 13.2 Å². The maximum Gasteiger partial charge on any atom is 0.416 e. The number of carbonyl (C=O) groups excluding carboxylic acids is 1. The van der Waals surface area contributed by atoms with Crippen molar-refractivity contribution in [1.29, 1.82) is 0 Å². The Morgan fingerprint density at radius 1 is 1.03 bits per heavy atom. The van der Waals surface area contributed by atoms with Crippen molar-refractivity contribution in [3.05, 3.63) is 65.2 Å². The molecule has 0 bridgehead atoms. The third kappa shape index (κ3) is 7.88. The number of hydrogen-bond donors (Lipinski definition) is 2. The van der Waals surface area contributed by atoms with E-state index in [0.29, 0.717) is 24.3 Å². The minimum absolute atomic E-state index is 0.212. The van der Waals surface area contributed by atoms with E-state index in [1.165, 1.54) is 12.1 Å². The second-order valence-corrected chi connectivity index (χ2v) is 7.13. The molecule has 32 heavy (non-hydrogen) atoms. The molecule has 0 saturated carbocycles. The van der Waals surface area contributed by atoms with E-state index in [1.807, 2.05) is 0 Å². The minimum Gasteiger partial charge on any atom is -0.481 e. The summed E-state index contributed by atoms with van der Waals surface area (Å²) in [5.41, 5.74) is 0.718. The average molecular weight is 453 g/mol. The number of ether oxygens (including phenoxy) is 2. The Morgan fingerprint density at radius 3 is 2.16 bits per heavy atom. The highest BCUT2D eigenvalue weighted by molar-refractivity contribution is 5.80. The summed E-state index contributed by atoms with van der Waals surface area (Å²) in [6.07, 6.45) is -5.50. The molecule has 0 fully saturated rings. The molecule has 2 rings (SSSR count). The lowest BCUT2D eigenvalue weighted by Gasteiger charge is -2.16. The van der Waals surface area contributed by atoms with Crippen LogP contribution in [0.3, 0.4) is 0 Å². The van der Waals surface area contributed by atoms with Gasteiger partial charge >= 0.3 is 12.1 Å². The van der Waals surface area contributed by atoms with Crippen molar-refractivity contribution < 1.29 is 37.3 Å². The van der Waals surface area contributed by atoms with Gasteiger partial charge in [-0.15, -0.1) is 0 Å². The van der Waals surface area contributed by atoms with Crippen molar-refractivity contribution >= 4 is 11.9 Å². The zero-order valence-electron chi connectivity index (χ0n) is 17.8. The molecule has 2 N–H and O–H groups in total. The van der Waals surface area contributed by atoms with Gasteiger partial charge in [0.25, 0.3) is 5.91 Å². The summed E-state index contributed by atoms with van der Waals surface area (Å²) in [6, 6.07) is 11.5. The van der Waals surface area contributed by atoms with Crippen LogP contribution in [0.15, 0.2) is 48.5 Å². The molecule has 9 heteroatoms. The number of carboxylic acids is 1. The number of alkyl halides is 3. The topological polar surface area (TPSA) is 84.9 Å². The Labute approximate surface area is 184 Å². The monoisotopic (exact) mass is 453 g/mol. The van der Waals surface area contributed by atoms with Crippen LogP contribution >= 0.6 is 0 Å². The molecule has 0 heterocycles. The first-order chi connectivity index (χ1) is 15.1. The van der Waals surface area contributed by atoms with Crippen molar-refractivity contribution in [1.82, 2.24) is 5.32 Å². The Balaban J connectivity index is 1.80. The lowest BCUT2D eigenvalue weighted by molar-refractivity contribution is -0.150. The number of halogens is 3. The van der Waals surface area contributed by atoms with E-state index in [9.17, 15) is 22.8 Å². The number of rotatable bonds is 11. The molecule has 1 amide bonds. The summed E-state index contributed by atoms with van der Waals surface area (Å²) in [5, 5.41) is 11.8. The summed E-state index contributed by atoms with van der Waals surface area (Å²) in [5.74, 6) is -0.945. The number of amides is 1. The lowest BCUT2D eigenvalue weighted by atomic mass is 10.1. The highest BCUT2D eigenvalue weighted by atomic mass is 19.4. The third-order valence-corrected chi connectivity index (χ3v) is 4.66. The molecule has 0 aliphatic heterocycles. The first-order valence-corrected chi connectivity index (χ1v) is 10.1. The largest absolute Gasteiger partial charge is 0.481 e. The zero-order chi connectivity index (χ0) is 23.7. The van der Waals surface area contributed by atoms with E-state index in [0.717, 1.165) is 17.7 Å². The maximum atomic E-state index is 12.6. The minimum atomic E-state index is -4.38. The van der Waals surface area contributed by atoms with E-state index in [2.05, 4.69) is 5.32 Å². The van der Waals surface area contributed by atoms with Gasteiger partial charge in [0.1, 0.15) is 5.75 Å². The first-order valence-electron chi connectivity index (χ1n) is 10.1. The van der Waals surface area contributed by atoms with Crippen LogP contribution in [0.2, 0.25) is 0 Å². The summed E-state index contributed by atoms with van der Waals surface area (Å²) < 4.78 is 48.6. The smallest absolute Gasteiger partial charge is 0.416 e. The number of nitrogens with one attached hydrogen (secondary N) is 1. The zero-order valence-corrected chi connectivity index (χ0v) is 17.8. The molecule has 0 aliphatic carbocycles. The number of aliphatic carboxylic acids is 1. The Hall–Kier alpha value is -3.07. The van der Waals surface area contributed by atoms with Crippen LogP contribution in [0.25, 0.3) is 0 Å². The van der Waals surface area contributed by atoms with Gasteiger partial charge in [-0.1, -0.05) is 24.3 Å². The molecule has 174 valence electrons. The van der Waals surface area contributed by atoms with Gasteiger partial charge in [0.05, 0.1) is 5.56 Å². The molecule has 2 aromatic rings. The van der Waals surface area contributed by atoms with Gasteiger partial charge in [0.15, 0.2) is 12.2 Å². The van der Waals surface area contributed by atoms with Gasteiger partial charge in [0.2, 0.25) is 0 Å². The van der Waals surface area contributed by atoms with E-state index in [-0.39, 0.29) is 18.9 Å². The number of benzene rings is 2. The fourth-order valence-electron chi connectivity index (χ4n) is 2.93. The normalized spacial score (nSPS) is 13.3. The Morgan fingerprint density at radius 2 is 1.62 bits per heavy atom. The van der Waals surface area contributed by atoms with E-state index >= 15 is 0 Å². The SMILES string of the molecule is CCOC(Cc1ccc(OC(C)C(=O)NCCc2ccc(C(F)(F)F)cc2)cc1)C(=O)O. The molecule has 0 spiro atoms. The van der Waals surface area contributed by atoms with Crippen LogP contribution in [-0.2, 0) is 33.3 Å². The number of carbonyl (C=O) groups is 2. The molecular formula is C23H26F3NO5. The van der Waals surface area contributed by atoms with E-state index < -0.39 is 29.9 Å². The maximum absolute atomic E-state index is 12.6. The van der Waals surface area contributed by atoms with Crippen molar-refractivity contribution in [2.75, 3.05) is 13.2 Å². The van der Waals surface area contributed by atoms with Crippen LogP contribution < -0.4 is 10.1 Å². The number of carboxylic acid groups (broad SMARTS) is 1. The molecule has 0 saturated heterocycles. The molecule has 6 nitrogen and oxygen atoms in total. The summed E-state index contributed by atoms with van der Waals surface area (Å²) in [4.78, 5) is 23.4. The van der Waals surface area contributed by atoms with Crippen molar-refractivity contribution in [2.24, 2.45) is 0 Å². The second kappa shape index (κ2) is 11.5. The van der Waals surface area contributed by atoms with Gasteiger partial charge in [-0.05, 0) is 55.7 Å². The fraction of sp³-hybridized carbons (Fsp3) is 0.391. The van der Waals surface area contributed by atoms with Gasteiger partial charge < -0.3 is 19.9 Å². The summed E-state index contributed by atoms with van der Waals surface area (Å²) in [7, 11) is 0. The van der Waals surface area contributed by atoms with Crippen molar-refractivity contribution in [3.8, 4) is 5.75 Å². The third-order valence-electron chi connectivity index (χ3n) is 4.66. The predicted octanol–water partition coefficient (Wildman–Crippen LogP) is 3.86. The van der Waals surface area contributed by atoms with Crippen LogP contribution in [0, 0.1) is 0 Å². The van der Waals surface area contributed by atoms with Crippen LogP contribution in [0.1, 0.15) is 30.5 Å². The van der Waals surface area contributed by atoms with Gasteiger partial charge in [-0.25, -0.2) is 4.79 Å². The Bertz CT molecular complexity index is 882. The first kappa shape index (κ1) is 25.2. The van der Waals surface area contributed by atoms with Gasteiger partial charge in [-0.3, -0.25) is 4.79 Å². The lowest BCUT2D eigenvalue weighted by Crippen LogP contribution is -2.37. The summed E-state index contributed by atoms with van der Waals surface area (Å²) in [6.45, 7) is 3.86. The quantitative estimate of drug-likeness (QED) is 0.540. The predicted molar refractivity (Wildman–Crippen MR) is 111 cm³/mol. The van der Waals surface area contributed by atoms with Crippen LogP contribution in [0.5, 0.6) is 5.75 Å². The van der Waals surface area contributed by atoms with E-state index in [1.54, 1.807) is 38.1 Å². The molecular weight excluding hydrogens is 427 g/mol. The number of hydrogen-bond acceptors (Lipinski definition) is 4. The molecule has 0 aliphatic rings. The molecule has 2 unspecified atom stereocenters. The highest BCUT2D eigenvalue weighted by Crippen LogP contribution is 2.29. The van der Waals surface area contributed by atoms with Crippen LogP contribution in [-0.4, -0.2) is 42.3 Å². The average Bonchev–Trinajstić information content (AvgIpc) is 2.74. The second-order valence-electron chi connectivity index (χ2n) is 7.13. The van der Waals surface area contributed by atoms with Crippen molar-refractivity contribution in [3.63, 3.8) is 0 Å². The van der Waals surface area contributed by atoms with Gasteiger partial charge in [0, 0.05) is 19.6 Å². The highest BCUT2D eigenvalue weighted by Gasteiger charge is 2.29. The molecule has 0 aromatic heterocycles. The standard InChI is InChI=1S/C23H26F3NO5/c1-3-31-20(22(29)30)14-17-6-10-19(11-7-17)32-15(2)21(28)27-13-12-16-4-8-18(9-5-16)23(24,25)26/h4-11,15,20H,3,12-14H2,1-2H3,(H,27,28)(H,29,30). The summed E-state index contributed by atoms with van der Waals surface area (Å²) >= 11 is 0. The van der Waals surface area contributed by atoms with Crippen molar-refractivity contribution in [2.45, 2.75) is 45.1 Å². The Kier molecular flexibility index (Phi) is 9.07. The fourth-order valence-corrected chi connectivity index (χ4v) is 2.93.